The fraction of sp³-hybridized carbons (Fsp3) is 0.333. The molecular weight excluding hydrogens is 270 g/mol. The van der Waals surface area contributed by atoms with Gasteiger partial charge in [0.1, 0.15) is 0 Å². The van der Waals surface area contributed by atoms with Crippen LogP contribution in [0.5, 0.6) is 0 Å². The first-order chi connectivity index (χ1) is 9.08. The molecule has 3 rings (SSSR count). The van der Waals surface area contributed by atoms with Crippen molar-refractivity contribution in [2.24, 2.45) is 5.73 Å². The zero-order valence-corrected chi connectivity index (χ0v) is 10.7. The van der Waals surface area contributed by atoms with Crippen LogP contribution in [0.25, 0.3) is 11.6 Å². The molecule has 0 aliphatic carbocycles. The second-order valence-electron chi connectivity index (χ2n) is 4.48. The topological polar surface area (TPSA) is 94.3 Å². The zero-order chi connectivity index (χ0) is 13.6. The van der Waals surface area contributed by atoms with Crippen LogP contribution in [0.3, 0.4) is 0 Å². The van der Waals surface area contributed by atoms with Crippen molar-refractivity contribution in [1.29, 1.82) is 0 Å². The molecule has 0 saturated carbocycles. The number of hydrogen-bond acceptors (Lipinski definition) is 4. The Labute approximate surface area is 113 Å². The highest BCUT2D eigenvalue weighted by atomic mass is 35.5. The van der Waals surface area contributed by atoms with Crippen LogP contribution in [0.2, 0.25) is 5.22 Å². The van der Waals surface area contributed by atoms with Gasteiger partial charge in [-0.15, -0.1) is 0 Å². The van der Waals surface area contributed by atoms with Gasteiger partial charge in [-0.2, -0.15) is 0 Å². The van der Waals surface area contributed by atoms with E-state index in [2.05, 4.69) is 4.98 Å². The number of imidazole rings is 1. The van der Waals surface area contributed by atoms with Gasteiger partial charge in [-0.3, -0.25) is 0 Å². The van der Waals surface area contributed by atoms with Crippen molar-refractivity contribution in [1.82, 2.24) is 9.55 Å². The second-order valence-corrected chi connectivity index (χ2v) is 4.85. The van der Waals surface area contributed by atoms with Crippen molar-refractivity contribution in [2.45, 2.75) is 25.4 Å². The molecule has 6 nitrogen and oxygen atoms in total. The molecule has 3 N–H and O–H groups in total. The van der Waals surface area contributed by atoms with E-state index in [-0.39, 0.29) is 17.0 Å². The van der Waals surface area contributed by atoms with E-state index in [9.17, 15) is 9.90 Å². The van der Waals surface area contributed by atoms with Crippen molar-refractivity contribution in [3.63, 3.8) is 0 Å². The zero-order valence-electron chi connectivity index (χ0n) is 9.97. The van der Waals surface area contributed by atoms with E-state index in [4.69, 9.17) is 21.8 Å². The fourth-order valence-electron chi connectivity index (χ4n) is 2.45. The second kappa shape index (κ2) is 4.40. The van der Waals surface area contributed by atoms with Gasteiger partial charge in [0.2, 0.25) is 0 Å². The smallest absolute Gasteiger partial charge is 0.356 e. The van der Waals surface area contributed by atoms with Gasteiger partial charge in [-0.25, -0.2) is 9.78 Å². The molecular formula is C12H12ClN3O3. The molecule has 0 amide bonds. The number of carboxylic acid groups (broad SMARTS) is 1. The van der Waals surface area contributed by atoms with Crippen LogP contribution < -0.4 is 5.73 Å². The Balaban J connectivity index is 2.21. The first-order valence-electron chi connectivity index (χ1n) is 5.93. The molecule has 100 valence electrons. The van der Waals surface area contributed by atoms with Gasteiger partial charge in [-0.05, 0) is 36.6 Å². The SMILES string of the molecule is NC1CCCn2c(-c3ccc(Cl)o3)nc(C(=O)O)c21. The van der Waals surface area contributed by atoms with E-state index in [1.807, 2.05) is 4.57 Å². The molecule has 0 fully saturated rings. The van der Waals surface area contributed by atoms with Crippen LogP contribution in [0.1, 0.15) is 35.1 Å². The molecule has 1 aliphatic rings. The van der Waals surface area contributed by atoms with Gasteiger partial charge < -0.3 is 19.8 Å². The summed E-state index contributed by atoms with van der Waals surface area (Å²) < 4.78 is 7.12. The maximum Gasteiger partial charge on any atom is 0.356 e. The predicted molar refractivity (Wildman–Crippen MR) is 68.1 cm³/mol. The molecule has 1 aliphatic heterocycles. The maximum absolute atomic E-state index is 11.3. The van der Waals surface area contributed by atoms with Crippen molar-refractivity contribution in [3.05, 3.63) is 28.7 Å². The Morgan fingerprint density at radius 3 is 3.00 bits per heavy atom. The summed E-state index contributed by atoms with van der Waals surface area (Å²) in [6, 6.07) is 2.96. The van der Waals surface area contributed by atoms with Crippen molar-refractivity contribution in [2.75, 3.05) is 0 Å². The molecule has 2 aromatic rings. The molecule has 7 heteroatoms. The lowest BCUT2D eigenvalue weighted by Crippen LogP contribution is -2.23. The molecule has 3 heterocycles. The van der Waals surface area contributed by atoms with Crippen LogP contribution >= 0.6 is 11.6 Å². The van der Waals surface area contributed by atoms with Crippen LogP contribution in [-0.2, 0) is 6.54 Å². The largest absolute Gasteiger partial charge is 0.476 e. The Hall–Kier alpha value is -1.79. The van der Waals surface area contributed by atoms with Gasteiger partial charge in [0.05, 0.1) is 5.69 Å². The van der Waals surface area contributed by atoms with Gasteiger partial charge in [0, 0.05) is 12.6 Å². The highest BCUT2D eigenvalue weighted by molar-refractivity contribution is 6.28. The predicted octanol–water partition coefficient (Wildman–Crippen LogP) is 2.29. The summed E-state index contributed by atoms with van der Waals surface area (Å²) in [5.41, 5.74) is 6.55. The lowest BCUT2D eigenvalue weighted by atomic mass is 10.0. The Bertz CT molecular complexity index is 647. The Kier molecular flexibility index (Phi) is 2.83. The first kappa shape index (κ1) is 12.3. The third-order valence-corrected chi connectivity index (χ3v) is 3.45. The molecule has 0 spiro atoms. The summed E-state index contributed by atoms with van der Waals surface area (Å²) >= 11 is 5.75. The van der Waals surface area contributed by atoms with E-state index in [1.54, 1.807) is 12.1 Å². The summed E-state index contributed by atoms with van der Waals surface area (Å²) in [5.74, 6) is -0.160. The third kappa shape index (κ3) is 1.93. The first-order valence-corrected chi connectivity index (χ1v) is 6.30. The quantitative estimate of drug-likeness (QED) is 0.881. The number of halogens is 1. The number of carbonyl (C=O) groups is 1. The van der Waals surface area contributed by atoms with Gasteiger partial charge in [0.15, 0.2) is 22.5 Å². The number of nitrogens with two attached hydrogens (primary N) is 1. The molecule has 1 unspecified atom stereocenters. The lowest BCUT2D eigenvalue weighted by molar-refractivity contribution is 0.0688. The highest BCUT2D eigenvalue weighted by Gasteiger charge is 2.30. The van der Waals surface area contributed by atoms with Crippen LogP contribution in [0.4, 0.5) is 0 Å². The molecule has 0 aromatic carbocycles. The Morgan fingerprint density at radius 2 is 2.37 bits per heavy atom. The Morgan fingerprint density at radius 1 is 1.58 bits per heavy atom. The summed E-state index contributed by atoms with van der Waals surface area (Å²) in [5, 5.41) is 9.48. The molecule has 0 bridgehead atoms. The maximum atomic E-state index is 11.3. The fourth-order valence-corrected chi connectivity index (χ4v) is 2.60. The van der Waals surface area contributed by atoms with E-state index in [0.29, 0.717) is 23.8 Å². The monoisotopic (exact) mass is 281 g/mol. The molecule has 0 radical (unpaired) electrons. The van der Waals surface area contributed by atoms with Gasteiger partial charge in [0.25, 0.3) is 0 Å². The minimum atomic E-state index is -1.08. The number of aromatic carboxylic acids is 1. The lowest BCUT2D eigenvalue weighted by Gasteiger charge is -2.22. The molecule has 2 aromatic heterocycles. The van der Waals surface area contributed by atoms with Crippen molar-refractivity contribution >= 4 is 17.6 Å². The van der Waals surface area contributed by atoms with Gasteiger partial charge in [-0.1, -0.05) is 0 Å². The average Bonchev–Trinajstić information content (AvgIpc) is 2.93. The number of aromatic nitrogens is 2. The number of nitrogens with zero attached hydrogens (tertiary/aromatic N) is 2. The highest BCUT2D eigenvalue weighted by Crippen LogP contribution is 2.33. The van der Waals surface area contributed by atoms with Crippen LogP contribution in [0, 0.1) is 0 Å². The summed E-state index contributed by atoms with van der Waals surface area (Å²) in [7, 11) is 0. The van der Waals surface area contributed by atoms with Crippen molar-refractivity contribution < 1.29 is 14.3 Å². The van der Waals surface area contributed by atoms with E-state index < -0.39 is 5.97 Å². The summed E-state index contributed by atoms with van der Waals surface area (Å²) in [6.07, 6.45) is 1.63. The minimum absolute atomic E-state index is 0.00489. The summed E-state index contributed by atoms with van der Waals surface area (Å²) in [4.78, 5) is 15.4. The number of carboxylic acids is 1. The number of furan rings is 1. The van der Waals surface area contributed by atoms with Crippen LogP contribution in [0.15, 0.2) is 16.5 Å². The summed E-state index contributed by atoms with van der Waals surface area (Å²) in [6.45, 7) is 0.678. The van der Waals surface area contributed by atoms with E-state index in [1.165, 1.54) is 0 Å². The van der Waals surface area contributed by atoms with Crippen molar-refractivity contribution in [3.8, 4) is 11.6 Å². The van der Waals surface area contributed by atoms with Crippen LogP contribution in [-0.4, -0.2) is 20.6 Å². The molecule has 1 atom stereocenters. The number of rotatable bonds is 2. The average molecular weight is 282 g/mol. The molecule has 19 heavy (non-hydrogen) atoms. The molecule has 0 saturated heterocycles. The minimum Gasteiger partial charge on any atom is -0.476 e. The number of hydrogen-bond donors (Lipinski definition) is 2. The number of fused-ring (bicyclic) bond motifs is 1. The van der Waals surface area contributed by atoms with Gasteiger partial charge >= 0.3 is 5.97 Å². The standard InChI is InChI=1S/C12H12ClN3O3/c13-8-4-3-7(19-8)11-15-9(12(17)18)10-6(14)2-1-5-16(10)11/h3-4,6H,1-2,5,14H2,(H,17,18). The van der Waals surface area contributed by atoms with E-state index >= 15 is 0 Å². The normalized spacial score (nSPS) is 18.3. The third-order valence-electron chi connectivity index (χ3n) is 3.25. The van der Waals surface area contributed by atoms with E-state index in [0.717, 1.165) is 12.8 Å².